The number of nitrogens with one attached hydrogen (secondary N) is 1. The molecule has 5 rings (SSSR count). The maximum absolute atomic E-state index is 13.5. The lowest BCUT2D eigenvalue weighted by Gasteiger charge is -2.22. The molecule has 0 bridgehead atoms. The van der Waals surface area contributed by atoms with Crippen LogP contribution in [0.15, 0.2) is 89.9 Å². The fourth-order valence-electron chi connectivity index (χ4n) is 4.86. The number of benzene rings is 3. The summed E-state index contributed by atoms with van der Waals surface area (Å²) in [5.74, 6) is -0.0119. The first-order valence-electron chi connectivity index (χ1n) is 13.4. The molecule has 0 aliphatic carbocycles. The molecule has 8 heteroatoms. The van der Waals surface area contributed by atoms with E-state index in [4.69, 9.17) is 14.0 Å². The zero-order chi connectivity index (χ0) is 27.2. The van der Waals surface area contributed by atoms with Crippen LogP contribution in [0, 0.1) is 0 Å². The fraction of sp³-hybridized carbons (Fsp3) is 0.258. The minimum Gasteiger partial charge on any atom is -0.494 e. The van der Waals surface area contributed by atoms with Crippen molar-refractivity contribution in [1.82, 2.24) is 9.88 Å². The van der Waals surface area contributed by atoms with E-state index in [2.05, 4.69) is 34.2 Å². The highest BCUT2D eigenvalue weighted by Crippen LogP contribution is 2.47. The van der Waals surface area contributed by atoms with Gasteiger partial charge in [-0.15, -0.1) is 0 Å². The second kappa shape index (κ2) is 12.1. The molecule has 0 radical (unpaired) electrons. The summed E-state index contributed by atoms with van der Waals surface area (Å²) in [6.07, 6.45) is 5.53. The van der Waals surface area contributed by atoms with Crippen LogP contribution in [0.2, 0.25) is 0 Å². The SMILES string of the molecule is CCOP(=O)(OCC)c1ccc2[nH]c(O)c(C(=Nc3ccc(CN4CC=CCC4)cc3)c3ccccc3)c2c1. The van der Waals surface area contributed by atoms with Crippen molar-refractivity contribution in [2.45, 2.75) is 26.8 Å². The Labute approximate surface area is 229 Å². The smallest absolute Gasteiger partial charge is 0.361 e. The van der Waals surface area contributed by atoms with Gasteiger partial charge in [0.1, 0.15) is 0 Å². The first-order valence-corrected chi connectivity index (χ1v) is 14.9. The van der Waals surface area contributed by atoms with Gasteiger partial charge < -0.3 is 19.1 Å². The van der Waals surface area contributed by atoms with Crippen LogP contribution in [-0.4, -0.2) is 47.0 Å². The van der Waals surface area contributed by atoms with Crippen LogP contribution in [0.1, 0.15) is 37.0 Å². The maximum atomic E-state index is 13.5. The zero-order valence-corrected chi connectivity index (χ0v) is 23.2. The molecule has 2 N–H and O–H groups in total. The van der Waals surface area contributed by atoms with E-state index in [0.717, 1.165) is 37.3 Å². The Kier molecular flexibility index (Phi) is 8.44. The molecule has 3 aromatic carbocycles. The maximum Gasteiger partial charge on any atom is 0.361 e. The molecular formula is C31H34N3O4P. The molecule has 0 atom stereocenters. The van der Waals surface area contributed by atoms with Crippen LogP contribution >= 0.6 is 7.60 Å². The van der Waals surface area contributed by atoms with Crippen LogP contribution in [0.25, 0.3) is 10.9 Å². The zero-order valence-electron chi connectivity index (χ0n) is 22.3. The van der Waals surface area contributed by atoms with Crippen molar-refractivity contribution >= 4 is 35.2 Å². The topological polar surface area (TPSA) is 87.1 Å². The predicted molar refractivity (Wildman–Crippen MR) is 158 cm³/mol. The van der Waals surface area contributed by atoms with Crippen molar-refractivity contribution in [3.05, 3.63) is 102 Å². The van der Waals surface area contributed by atoms with E-state index >= 15 is 0 Å². The average molecular weight is 544 g/mol. The molecule has 202 valence electrons. The Morgan fingerprint density at radius 3 is 2.41 bits per heavy atom. The standard InChI is InChI=1S/C31H34N3O4P/c1-3-37-39(36,38-4-2)26-17-18-28-27(21-26)29(31(35)33-28)30(24-11-7-5-8-12-24)32-25-15-13-23(14-16-25)22-34-19-9-6-10-20-34/h5-9,11-18,21,33,35H,3-4,10,19-20,22H2,1-2H3. The summed E-state index contributed by atoms with van der Waals surface area (Å²) in [5.41, 5.74) is 4.68. The minimum atomic E-state index is -3.52. The molecule has 1 aromatic heterocycles. The lowest BCUT2D eigenvalue weighted by Crippen LogP contribution is -2.26. The summed E-state index contributed by atoms with van der Waals surface area (Å²) in [7, 11) is -3.52. The highest BCUT2D eigenvalue weighted by atomic mass is 31.2. The summed E-state index contributed by atoms with van der Waals surface area (Å²) in [6.45, 7) is 7.00. The molecule has 1 aliphatic rings. The number of fused-ring (bicyclic) bond motifs is 1. The Balaban J connectivity index is 1.58. The van der Waals surface area contributed by atoms with E-state index in [0.29, 0.717) is 27.5 Å². The van der Waals surface area contributed by atoms with Gasteiger partial charge in [-0.1, -0.05) is 54.6 Å². The second-order valence-corrected chi connectivity index (χ2v) is 11.4. The second-order valence-electron chi connectivity index (χ2n) is 9.40. The Morgan fingerprint density at radius 1 is 1.00 bits per heavy atom. The first kappa shape index (κ1) is 27.1. The van der Waals surface area contributed by atoms with E-state index in [9.17, 15) is 9.67 Å². The Bertz CT molecular complexity index is 1520. The van der Waals surface area contributed by atoms with Crippen molar-refractivity contribution in [3.63, 3.8) is 0 Å². The van der Waals surface area contributed by atoms with Crippen molar-refractivity contribution in [2.75, 3.05) is 26.3 Å². The number of nitrogens with zero attached hydrogens (tertiary/aromatic N) is 2. The summed E-state index contributed by atoms with van der Waals surface area (Å²) in [4.78, 5) is 10.5. The summed E-state index contributed by atoms with van der Waals surface area (Å²) in [6, 6.07) is 23.2. The van der Waals surface area contributed by atoms with Crippen molar-refractivity contribution in [3.8, 4) is 5.88 Å². The molecule has 0 fully saturated rings. The normalized spacial score (nSPS) is 14.8. The highest BCUT2D eigenvalue weighted by Gasteiger charge is 2.28. The molecule has 0 amide bonds. The van der Waals surface area contributed by atoms with Gasteiger partial charge in [0, 0.05) is 36.1 Å². The van der Waals surface area contributed by atoms with E-state index in [1.165, 1.54) is 5.56 Å². The largest absolute Gasteiger partial charge is 0.494 e. The molecule has 2 heterocycles. The van der Waals surface area contributed by atoms with E-state index in [1.54, 1.807) is 32.0 Å². The summed E-state index contributed by atoms with van der Waals surface area (Å²) < 4.78 is 24.7. The van der Waals surface area contributed by atoms with Gasteiger partial charge >= 0.3 is 7.60 Å². The van der Waals surface area contributed by atoms with Crippen LogP contribution < -0.4 is 5.30 Å². The molecule has 1 aliphatic heterocycles. The number of aromatic amines is 1. The lowest BCUT2D eigenvalue weighted by molar-refractivity contribution is 0.230. The Morgan fingerprint density at radius 2 is 1.74 bits per heavy atom. The van der Waals surface area contributed by atoms with Gasteiger partial charge in [0.2, 0.25) is 0 Å². The van der Waals surface area contributed by atoms with E-state index < -0.39 is 7.60 Å². The molecular weight excluding hydrogens is 509 g/mol. The van der Waals surface area contributed by atoms with Crippen molar-refractivity contribution in [1.29, 1.82) is 0 Å². The average Bonchev–Trinajstić information content (AvgIpc) is 3.28. The molecule has 0 unspecified atom stereocenters. The molecule has 0 saturated heterocycles. The van der Waals surface area contributed by atoms with Gasteiger partial charge in [0.05, 0.1) is 35.5 Å². The third kappa shape index (κ3) is 6.07. The van der Waals surface area contributed by atoms with Crippen molar-refractivity contribution in [2.24, 2.45) is 4.99 Å². The van der Waals surface area contributed by atoms with Crippen LogP contribution in [0.4, 0.5) is 5.69 Å². The summed E-state index contributed by atoms with van der Waals surface area (Å²) >= 11 is 0. The molecule has 0 spiro atoms. The number of hydrogen-bond donors (Lipinski definition) is 2. The van der Waals surface area contributed by atoms with Crippen molar-refractivity contribution < 1.29 is 18.7 Å². The Hall–Kier alpha value is -3.48. The number of aliphatic imine (C=N–C) groups is 1. The molecule has 39 heavy (non-hydrogen) atoms. The monoisotopic (exact) mass is 543 g/mol. The number of aromatic hydroxyl groups is 1. The number of rotatable bonds is 10. The lowest BCUT2D eigenvalue weighted by atomic mass is 10.0. The highest BCUT2D eigenvalue weighted by molar-refractivity contribution is 7.62. The number of H-pyrrole nitrogens is 1. The third-order valence-electron chi connectivity index (χ3n) is 6.69. The minimum absolute atomic E-state index is 0.0119. The number of hydrogen-bond acceptors (Lipinski definition) is 6. The van der Waals surface area contributed by atoms with Gasteiger partial charge in [-0.25, -0.2) is 4.99 Å². The van der Waals surface area contributed by atoms with Gasteiger partial charge in [0.15, 0.2) is 5.88 Å². The molecule has 4 aromatic rings. The molecule has 7 nitrogen and oxygen atoms in total. The third-order valence-corrected chi connectivity index (χ3v) is 8.79. The fourth-order valence-corrected chi connectivity index (χ4v) is 6.46. The number of aromatic nitrogens is 1. The van der Waals surface area contributed by atoms with Crippen LogP contribution in [0.3, 0.4) is 0 Å². The first-order chi connectivity index (χ1) is 19.0. The van der Waals surface area contributed by atoms with E-state index in [1.807, 2.05) is 42.5 Å². The summed E-state index contributed by atoms with van der Waals surface area (Å²) in [5, 5.41) is 12.2. The quantitative estimate of drug-likeness (QED) is 0.132. The van der Waals surface area contributed by atoms with Gasteiger partial charge in [-0.2, -0.15) is 0 Å². The van der Waals surface area contributed by atoms with Gasteiger partial charge in [-0.05, 0) is 56.2 Å². The van der Waals surface area contributed by atoms with Gasteiger partial charge in [0.25, 0.3) is 0 Å². The van der Waals surface area contributed by atoms with Crippen LogP contribution in [0.5, 0.6) is 5.88 Å². The predicted octanol–water partition coefficient (Wildman–Crippen LogP) is 6.70. The molecule has 0 saturated carbocycles. The van der Waals surface area contributed by atoms with Crippen LogP contribution in [-0.2, 0) is 20.2 Å². The van der Waals surface area contributed by atoms with Gasteiger partial charge in [-0.3, -0.25) is 9.46 Å². The van der Waals surface area contributed by atoms with E-state index in [-0.39, 0.29) is 19.1 Å².